The summed E-state index contributed by atoms with van der Waals surface area (Å²) < 4.78 is 0. The van der Waals surface area contributed by atoms with Crippen molar-refractivity contribution in [3.8, 4) is 0 Å². The normalized spacial score (nSPS) is 16.8. The van der Waals surface area contributed by atoms with Crippen LogP contribution in [0.3, 0.4) is 0 Å². The third-order valence-corrected chi connectivity index (χ3v) is 7.93. The van der Waals surface area contributed by atoms with Crippen LogP contribution in [-0.4, -0.2) is 14.0 Å². The average Bonchev–Trinajstić information content (AvgIpc) is 2.60. The molecule has 0 unspecified atom stereocenters. The molecular formula is C19H25O3Si. The highest BCUT2D eigenvalue weighted by Crippen LogP contribution is 2.30. The molecule has 1 aromatic carbocycles. The van der Waals surface area contributed by atoms with E-state index in [1.165, 1.54) is 0 Å². The zero-order valence-electron chi connectivity index (χ0n) is 14.0. The highest BCUT2D eigenvalue weighted by Gasteiger charge is 2.24. The van der Waals surface area contributed by atoms with E-state index in [-0.39, 0.29) is 0 Å². The Balaban J connectivity index is 1.92. The minimum absolute atomic E-state index is 0.455. The van der Waals surface area contributed by atoms with Gasteiger partial charge in [-0.15, -0.1) is 13.2 Å². The third-order valence-electron chi connectivity index (χ3n) is 4.66. The van der Waals surface area contributed by atoms with Crippen molar-refractivity contribution in [1.29, 1.82) is 0 Å². The molecule has 0 aliphatic heterocycles. The van der Waals surface area contributed by atoms with Gasteiger partial charge in [-0.2, -0.15) is 4.89 Å². The first-order valence-electron chi connectivity index (χ1n) is 8.10. The predicted molar refractivity (Wildman–Crippen MR) is 95.5 cm³/mol. The molecule has 0 N–H and O–H groups in total. The molecule has 0 spiro atoms. The highest BCUT2D eigenvalue weighted by atomic mass is 28.3. The zero-order chi connectivity index (χ0) is 16.9. The lowest BCUT2D eigenvalue weighted by Gasteiger charge is -2.23. The average molecular weight is 329 g/mol. The molecular weight excluding hydrogens is 304 g/mol. The van der Waals surface area contributed by atoms with E-state index in [2.05, 4.69) is 26.6 Å². The summed E-state index contributed by atoms with van der Waals surface area (Å²) in [5, 5.41) is 1.16. The van der Waals surface area contributed by atoms with Crippen LogP contribution < -0.4 is 5.19 Å². The van der Waals surface area contributed by atoms with Crippen molar-refractivity contribution in [2.45, 2.75) is 39.2 Å². The number of hydrogen-bond donors (Lipinski definition) is 0. The minimum atomic E-state index is -1.84. The van der Waals surface area contributed by atoms with E-state index >= 15 is 0 Å². The van der Waals surface area contributed by atoms with Crippen molar-refractivity contribution in [3.05, 3.63) is 60.5 Å². The fourth-order valence-electron chi connectivity index (χ4n) is 2.60. The topological polar surface area (TPSA) is 35.5 Å². The van der Waals surface area contributed by atoms with Gasteiger partial charge in [-0.25, -0.2) is 4.79 Å². The third kappa shape index (κ3) is 4.42. The van der Waals surface area contributed by atoms with Gasteiger partial charge in [0.2, 0.25) is 0 Å². The molecule has 1 aliphatic rings. The Morgan fingerprint density at radius 3 is 2.26 bits per heavy atom. The summed E-state index contributed by atoms with van der Waals surface area (Å²) in [6.07, 6.45) is 4.79. The Labute approximate surface area is 139 Å². The smallest absolute Gasteiger partial charge is 0.292 e. The molecule has 0 aromatic heterocycles. The number of rotatable bonds is 6. The fourth-order valence-corrected chi connectivity index (χ4v) is 4.12. The van der Waals surface area contributed by atoms with E-state index in [0.717, 1.165) is 42.9 Å². The first-order valence-corrected chi connectivity index (χ1v) is 10.7. The molecule has 0 amide bonds. The van der Waals surface area contributed by atoms with Crippen molar-refractivity contribution in [2.75, 3.05) is 0 Å². The van der Waals surface area contributed by atoms with Crippen LogP contribution in [0.25, 0.3) is 0 Å². The van der Waals surface area contributed by atoms with Crippen LogP contribution in [0.15, 0.2) is 48.8 Å². The molecule has 2 rings (SSSR count). The summed E-state index contributed by atoms with van der Waals surface area (Å²) >= 11 is 0. The van der Waals surface area contributed by atoms with Crippen LogP contribution >= 0.6 is 0 Å². The van der Waals surface area contributed by atoms with E-state index < -0.39 is 14.0 Å². The van der Waals surface area contributed by atoms with Crippen LogP contribution in [0, 0.1) is 12.0 Å². The first kappa shape index (κ1) is 17.7. The lowest BCUT2D eigenvalue weighted by atomic mass is 9.89. The van der Waals surface area contributed by atoms with Gasteiger partial charge in [-0.1, -0.05) is 42.2 Å². The molecule has 0 atom stereocenters. The number of benzene rings is 1. The zero-order valence-corrected chi connectivity index (χ0v) is 15.0. The summed E-state index contributed by atoms with van der Waals surface area (Å²) in [4.78, 5) is 22.3. The molecule has 1 aliphatic carbocycles. The second-order valence-corrected chi connectivity index (χ2v) is 10.4. The highest BCUT2D eigenvalue weighted by molar-refractivity contribution is 6.98. The predicted octanol–water partition coefficient (Wildman–Crippen LogP) is 4.25. The molecule has 1 fully saturated rings. The second kappa shape index (κ2) is 7.75. The van der Waals surface area contributed by atoms with Gasteiger partial charge in [0.25, 0.3) is 0 Å². The van der Waals surface area contributed by atoms with Crippen LogP contribution in [0.1, 0.15) is 43.0 Å². The Kier molecular flexibility index (Phi) is 5.96. The van der Waals surface area contributed by atoms with Gasteiger partial charge in [0.1, 0.15) is 14.2 Å². The SMILES string of the molecule is C=C[Si](C)(C=C)c1ccc(C(=O)OO[C]2CCC(C)CC2)cc1. The van der Waals surface area contributed by atoms with E-state index in [0.29, 0.717) is 5.56 Å². The van der Waals surface area contributed by atoms with E-state index in [9.17, 15) is 4.79 Å². The molecule has 123 valence electrons. The Morgan fingerprint density at radius 2 is 1.74 bits per heavy atom. The van der Waals surface area contributed by atoms with E-state index in [1.807, 2.05) is 23.5 Å². The van der Waals surface area contributed by atoms with Gasteiger partial charge < -0.3 is 0 Å². The molecule has 0 saturated heterocycles. The van der Waals surface area contributed by atoms with Crippen molar-refractivity contribution < 1.29 is 14.6 Å². The maximum absolute atomic E-state index is 12.1. The summed E-state index contributed by atoms with van der Waals surface area (Å²) in [5.74, 6) is 0.266. The Hall–Kier alpha value is -1.65. The van der Waals surface area contributed by atoms with Crippen molar-refractivity contribution >= 4 is 19.2 Å². The molecule has 0 heterocycles. The van der Waals surface area contributed by atoms with Crippen LogP contribution in [0.4, 0.5) is 0 Å². The van der Waals surface area contributed by atoms with Crippen molar-refractivity contribution in [1.82, 2.24) is 0 Å². The maximum atomic E-state index is 12.1. The van der Waals surface area contributed by atoms with Crippen LogP contribution in [0.2, 0.25) is 6.55 Å². The molecule has 1 saturated carbocycles. The summed E-state index contributed by atoms with van der Waals surface area (Å²) in [6, 6.07) is 7.43. The largest absolute Gasteiger partial charge is 0.373 e. The van der Waals surface area contributed by atoms with Gasteiger partial charge in [0.05, 0.1) is 5.56 Å². The van der Waals surface area contributed by atoms with Gasteiger partial charge in [0.15, 0.2) is 0 Å². The van der Waals surface area contributed by atoms with Crippen LogP contribution in [-0.2, 0) is 9.78 Å². The Morgan fingerprint density at radius 1 is 1.17 bits per heavy atom. The molecule has 3 nitrogen and oxygen atoms in total. The summed E-state index contributed by atoms with van der Waals surface area (Å²) in [6.45, 7) is 12.2. The lowest BCUT2D eigenvalue weighted by molar-refractivity contribution is -0.240. The van der Waals surface area contributed by atoms with Gasteiger partial charge in [-0.3, -0.25) is 4.89 Å². The number of carbonyl (C=O) groups is 1. The van der Waals surface area contributed by atoms with E-state index in [4.69, 9.17) is 9.78 Å². The monoisotopic (exact) mass is 329 g/mol. The summed E-state index contributed by atoms with van der Waals surface area (Å²) in [7, 11) is -1.84. The summed E-state index contributed by atoms with van der Waals surface area (Å²) in [5.41, 5.74) is 4.43. The first-order chi connectivity index (χ1) is 11.0. The van der Waals surface area contributed by atoms with E-state index in [1.54, 1.807) is 12.1 Å². The van der Waals surface area contributed by atoms with Crippen LogP contribution in [0.5, 0.6) is 0 Å². The standard InChI is InChI=1S/C19H25O3Si/c1-5-23(4,6-2)18-13-9-16(10-14-18)19(20)22-21-17-11-7-15(3)8-12-17/h5-6,9-10,13-15H,1-2,7-8,11-12H2,3-4H3. The Bertz CT molecular complexity index is 548. The fraction of sp³-hybridized carbons (Fsp3) is 0.368. The molecule has 1 aromatic rings. The molecule has 4 heteroatoms. The lowest BCUT2D eigenvalue weighted by Crippen LogP contribution is -2.40. The number of hydrogen-bond acceptors (Lipinski definition) is 3. The minimum Gasteiger partial charge on any atom is -0.292 e. The van der Waals surface area contributed by atoms with Gasteiger partial charge in [-0.05, 0) is 43.7 Å². The van der Waals surface area contributed by atoms with Gasteiger partial charge in [0, 0.05) is 0 Å². The molecule has 23 heavy (non-hydrogen) atoms. The number of carbonyl (C=O) groups excluding carboxylic acids is 1. The maximum Gasteiger partial charge on any atom is 0.373 e. The molecule has 1 radical (unpaired) electrons. The molecule has 0 bridgehead atoms. The van der Waals surface area contributed by atoms with Crippen molar-refractivity contribution in [2.24, 2.45) is 5.92 Å². The van der Waals surface area contributed by atoms with Crippen molar-refractivity contribution in [3.63, 3.8) is 0 Å². The second-order valence-electron chi connectivity index (χ2n) is 6.44. The quantitative estimate of drug-likeness (QED) is 0.444. The van der Waals surface area contributed by atoms with Gasteiger partial charge >= 0.3 is 5.97 Å².